The maximum absolute atomic E-state index is 11.4. The summed E-state index contributed by atoms with van der Waals surface area (Å²) in [4.78, 5) is 15.9. The molecule has 0 aliphatic heterocycles. The van der Waals surface area contributed by atoms with Gasteiger partial charge in [0.2, 0.25) is 5.91 Å². The second-order valence-corrected chi connectivity index (χ2v) is 5.59. The van der Waals surface area contributed by atoms with E-state index in [9.17, 15) is 4.79 Å². The Kier molecular flexibility index (Phi) is 5.02. The van der Waals surface area contributed by atoms with Gasteiger partial charge in [0.25, 0.3) is 0 Å². The van der Waals surface area contributed by atoms with E-state index in [0.29, 0.717) is 24.9 Å². The van der Waals surface area contributed by atoms with Gasteiger partial charge in [-0.25, -0.2) is 0 Å². The van der Waals surface area contributed by atoms with Crippen molar-refractivity contribution >= 4 is 11.7 Å². The molecule has 0 bridgehead atoms. The average molecular weight is 251 g/mol. The molecule has 2 aliphatic rings. The van der Waals surface area contributed by atoms with E-state index in [-0.39, 0.29) is 5.91 Å². The number of carbonyl (C=O) groups excluding carboxylic acids is 1. The van der Waals surface area contributed by atoms with E-state index in [2.05, 4.69) is 10.3 Å². The van der Waals surface area contributed by atoms with Gasteiger partial charge < -0.3 is 11.1 Å². The maximum Gasteiger partial charge on any atom is 0.220 e. The van der Waals surface area contributed by atoms with Crippen molar-refractivity contribution in [1.82, 2.24) is 5.32 Å². The molecule has 0 saturated heterocycles. The van der Waals surface area contributed by atoms with Crippen LogP contribution in [0, 0.1) is 5.92 Å². The van der Waals surface area contributed by atoms with Gasteiger partial charge in [0.1, 0.15) is 0 Å². The van der Waals surface area contributed by atoms with E-state index in [1.54, 1.807) is 0 Å². The Morgan fingerprint density at radius 2 is 1.89 bits per heavy atom. The molecule has 4 nitrogen and oxygen atoms in total. The van der Waals surface area contributed by atoms with Gasteiger partial charge in [-0.2, -0.15) is 0 Å². The van der Waals surface area contributed by atoms with Crippen molar-refractivity contribution in [2.45, 2.75) is 63.8 Å². The third-order valence-electron chi connectivity index (χ3n) is 3.82. The maximum atomic E-state index is 11.4. The van der Waals surface area contributed by atoms with Gasteiger partial charge in [-0.3, -0.25) is 9.79 Å². The van der Waals surface area contributed by atoms with E-state index < -0.39 is 0 Å². The van der Waals surface area contributed by atoms with E-state index in [1.165, 1.54) is 32.1 Å². The molecule has 102 valence electrons. The second kappa shape index (κ2) is 6.76. The highest BCUT2D eigenvalue weighted by Crippen LogP contribution is 2.23. The monoisotopic (exact) mass is 251 g/mol. The minimum atomic E-state index is 0.170. The zero-order valence-corrected chi connectivity index (χ0v) is 11.2. The first kappa shape index (κ1) is 13.4. The number of aliphatic imine (C=N–C) groups is 1. The van der Waals surface area contributed by atoms with Crippen molar-refractivity contribution in [3.8, 4) is 0 Å². The van der Waals surface area contributed by atoms with Crippen LogP contribution in [0.4, 0.5) is 0 Å². The summed E-state index contributed by atoms with van der Waals surface area (Å²) in [6, 6.07) is 0.466. The minimum absolute atomic E-state index is 0.170. The fourth-order valence-electron chi connectivity index (χ4n) is 2.50. The Morgan fingerprint density at radius 3 is 2.56 bits per heavy atom. The molecule has 18 heavy (non-hydrogen) atoms. The zero-order valence-electron chi connectivity index (χ0n) is 11.2. The van der Waals surface area contributed by atoms with Crippen molar-refractivity contribution in [3.05, 3.63) is 0 Å². The van der Waals surface area contributed by atoms with Crippen LogP contribution in [0.5, 0.6) is 0 Å². The van der Waals surface area contributed by atoms with Gasteiger partial charge in [0.15, 0.2) is 0 Å². The molecule has 0 atom stereocenters. The van der Waals surface area contributed by atoms with Gasteiger partial charge >= 0.3 is 0 Å². The minimum Gasteiger partial charge on any atom is -0.387 e. The van der Waals surface area contributed by atoms with Crippen LogP contribution in [0.15, 0.2) is 4.99 Å². The summed E-state index contributed by atoms with van der Waals surface area (Å²) in [6.45, 7) is 0.695. The molecule has 3 N–H and O–H groups in total. The number of hydrogen-bond acceptors (Lipinski definition) is 2. The summed E-state index contributed by atoms with van der Waals surface area (Å²) in [7, 11) is 0. The molecule has 2 fully saturated rings. The molecule has 0 unspecified atom stereocenters. The van der Waals surface area contributed by atoms with Crippen molar-refractivity contribution in [3.63, 3.8) is 0 Å². The SMILES string of the molecule is NC(=NCCCC(=O)NC1CC1)C1CCCCC1. The predicted molar refractivity (Wildman–Crippen MR) is 73.5 cm³/mol. The number of amidine groups is 1. The van der Waals surface area contributed by atoms with Crippen LogP contribution in [0.3, 0.4) is 0 Å². The van der Waals surface area contributed by atoms with Gasteiger partial charge in [0, 0.05) is 24.9 Å². The predicted octanol–water partition coefficient (Wildman–Crippen LogP) is 1.98. The van der Waals surface area contributed by atoms with E-state index >= 15 is 0 Å². The van der Waals surface area contributed by atoms with Crippen molar-refractivity contribution in [2.24, 2.45) is 16.6 Å². The standard InChI is InChI=1S/C14H25N3O/c15-14(11-5-2-1-3-6-11)16-10-4-7-13(18)17-12-8-9-12/h11-12H,1-10H2,(H2,15,16)(H,17,18). The van der Waals surface area contributed by atoms with Crippen molar-refractivity contribution in [2.75, 3.05) is 6.54 Å². The number of rotatable bonds is 6. The number of amides is 1. The quantitative estimate of drug-likeness (QED) is 0.430. The lowest BCUT2D eigenvalue weighted by Crippen LogP contribution is -2.27. The lowest BCUT2D eigenvalue weighted by atomic mass is 9.88. The topological polar surface area (TPSA) is 67.5 Å². The molecule has 2 rings (SSSR count). The number of carbonyl (C=O) groups is 1. The fourth-order valence-corrected chi connectivity index (χ4v) is 2.50. The van der Waals surface area contributed by atoms with Crippen molar-refractivity contribution < 1.29 is 4.79 Å². The number of hydrogen-bond donors (Lipinski definition) is 2. The van der Waals surface area contributed by atoms with Crippen LogP contribution in [0.1, 0.15) is 57.8 Å². The Hall–Kier alpha value is -1.06. The molecule has 0 radical (unpaired) electrons. The van der Waals surface area contributed by atoms with Gasteiger partial charge in [-0.1, -0.05) is 19.3 Å². The normalized spacial score (nSPS) is 21.9. The molecule has 0 heterocycles. The average Bonchev–Trinajstić information content (AvgIpc) is 3.19. The molecule has 0 aromatic rings. The van der Waals surface area contributed by atoms with Crippen molar-refractivity contribution in [1.29, 1.82) is 0 Å². The summed E-state index contributed by atoms with van der Waals surface area (Å²) in [5.41, 5.74) is 6.01. The Morgan fingerprint density at radius 1 is 1.17 bits per heavy atom. The Bertz CT molecular complexity index is 304. The molecular weight excluding hydrogens is 226 g/mol. The molecule has 0 aromatic heterocycles. The van der Waals surface area contributed by atoms with Crippen LogP contribution in [-0.2, 0) is 4.79 Å². The first-order valence-electron chi connectivity index (χ1n) is 7.35. The molecule has 4 heteroatoms. The van der Waals surface area contributed by atoms with E-state index in [4.69, 9.17) is 5.73 Å². The van der Waals surface area contributed by atoms with Gasteiger partial charge in [-0.15, -0.1) is 0 Å². The Labute approximate surface area is 109 Å². The van der Waals surface area contributed by atoms with E-state index in [1.807, 2.05) is 0 Å². The molecule has 0 aromatic carbocycles. The third-order valence-corrected chi connectivity index (χ3v) is 3.82. The van der Waals surface area contributed by atoms with Crippen LogP contribution in [0.2, 0.25) is 0 Å². The highest BCUT2D eigenvalue weighted by molar-refractivity contribution is 5.83. The van der Waals surface area contributed by atoms with E-state index in [0.717, 1.165) is 25.1 Å². The first-order chi connectivity index (χ1) is 8.75. The second-order valence-electron chi connectivity index (χ2n) is 5.59. The molecule has 2 saturated carbocycles. The largest absolute Gasteiger partial charge is 0.387 e. The smallest absolute Gasteiger partial charge is 0.220 e. The van der Waals surface area contributed by atoms with Gasteiger partial charge in [-0.05, 0) is 32.1 Å². The zero-order chi connectivity index (χ0) is 12.8. The summed E-state index contributed by atoms with van der Waals surface area (Å²) in [5.74, 6) is 1.49. The van der Waals surface area contributed by atoms with Crippen LogP contribution >= 0.6 is 0 Å². The number of nitrogens with zero attached hydrogens (tertiary/aromatic N) is 1. The molecule has 2 aliphatic carbocycles. The summed E-state index contributed by atoms with van der Waals surface area (Å²) in [6.07, 6.45) is 9.98. The van der Waals surface area contributed by atoms with Gasteiger partial charge in [0.05, 0.1) is 5.84 Å². The van der Waals surface area contributed by atoms with Crippen LogP contribution in [0.25, 0.3) is 0 Å². The number of nitrogens with two attached hydrogens (primary N) is 1. The lowest BCUT2D eigenvalue weighted by Gasteiger charge is -2.20. The lowest BCUT2D eigenvalue weighted by molar-refractivity contribution is -0.121. The number of nitrogens with one attached hydrogen (secondary N) is 1. The Balaban J connectivity index is 1.58. The molecular formula is C14H25N3O. The molecule has 1 amide bonds. The summed E-state index contributed by atoms with van der Waals surface area (Å²) < 4.78 is 0. The highest BCUT2D eigenvalue weighted by Gasteiger charge is 2.22. The fraction of sp³-hybridized carbons (Fsp3) is 0.857. The third kappa shape index (κ3) is 4.67. The summed E-state index contributed by atoms with van der Waals surface area (Å²) in [5, 5.41) is 2.99. The highest BCUT2D eigenvalue weighted by atomic mass is 16.1. The van der Waals surface area contributed by atoms with Crippen LogP contribution in [-0.4, -0.2) is 24.3 Å². The summed E-state index contributed by atoms with van der Waals surface area (Å²) >= 11 is 0. The van der Waals surface area contributed by atoms with Crippen LogP contribution < -0.4 is 11.1 Å². The molecule has 0 spiro atoms. The first-order valence-corrected chi connectivity index (χ1v) is 7.35.